The monoisotopic (exact) mass is 549 g/mol. The zero-order valence-electron chi connectivity index (χ0n) is 21.3. The SMILES string of the molecule is COc1cc(CN2CCc3nc(N4CCN(c5ncccn5)CC4)ncc3C2)cc(OC)c1OC.Cl.Cl. The van der Waals surface area contributed by atoms with Gasteiger partial charge in [0.05, 0.1) is 27.0 Å². The normalized spacial score (nSPS) is 15.2. The number of ether oxygens (including phenoxy) is 3. The first kappa shape index (κ1) is 28.5. The molecule has 1 saturated heterocycles. The summed E-state index contributed by atoms with van der Waals surface area (Å²) in [6, 6.07) is 5.86. The number of fused-ring (bicyclic) bond motifs is 1. The van der Waals surface area contributed by atoms with Gasteiger partial charge in [0, 0.05) is 76.4 Å². The van der Waals surface area contributed by atoms with Crippen LogP contribution < -0.4 is 24.0 Å². The lowest BCUT2D eigenvalue weighted by Crippen LogP contribution is -2.47. The van der Waals surface area contributed by atoms with Gasteiger partial charge in [0.2, 0.25) is 17.6 Å². The van der Waals surface area contributed by atoms with Crippen LogP contribution in [0.5, 0.6) is 17.2 Å². The van der Waals surface area contributed by atoms with Crippen LogP contribution in [-0.4, -0.2) is 78.9 Å². The van der Waals surface area contributed by atoms with E-state index in [0.29, 0.717) is 17.2 Å². The molecule has 12 heteroatoms. The Labute approximate surface area is 229 Å². The van der Waals surface area contributed by atoms with Crippen molar-refractivity contribution in [2.24, 2.45) is 0 Å². The van der Waals surface area contributed by atoms with E-state index in [2.05, 4.69) is 24.7 Å². The summed E-state index contributed by atoms with van der Waals surface area (Å²) in [4.78, 5) is 25.2. The zero-order valence-corrected chi connectivity index (χ0v) is 22.9. The van der Waals surface area contributed by atoms with Crippen molar-refractivity contribution in [2.75, 3.05) is 63.9 Å². The van der Waals surface area contributed by atoms with E-state index in [1.165, 1.54) is 5.56 Å². The predicted octanol–water partition coefficient (Wildman–Crippen LogP) is 3.02. The first-order valence-electron chi connectivity index (χ1n) is 11.8. The fourth-order valence-electron chi connectivity index (χ4n) is 4.70. The van der Waals surface area contributed by atoms with E-state index in [1.807, 2.05) is 24.4 Å². The number of anilines is 2. The second-order valence-corrected chi connectivity index (χ2v) is 8.66. The number of rotatable bonds is 7. The molecule has 4 heterocycles. The third-order valence-corrected chi connectivity index (χ3v) is 6.53. The van der Waals surface area contributed by atoms with Crippen molar-refractivity contribution in [3.63, 3.8) is 0 Å². The standard InChI is InChI=1S/C25H31N7O3.2ClH/c1-33-21-13-18(14-22(34-2)23(21)35-3)16-30-8-5-20-19(17-30)15-28-25(29-20)32-11-9-31(10-12-32)24-26-6-4-7-27-24;;/h4,6-7,13-15H,5,8-12,16-17H2,1-3H3;2*1H. The molecule has 0 bridgehead atoms. The molecule has 0 saturated carbocycles. The Kier molecular flexibility index (Phi) is 9.96. The molecule has 0 radical (unpaired) electrons. The minimum atomic E-state index is 0. The highest BCUT2D eigenvalue weighted by molar-refractivity contribution is 5.85. The zero-order chi connectivity index (χ0) is 24.2. The number of hydrogen-bond acceptors (Lipinski definition) is 10. The molecule has 3 aromatic rings. The highest BCUT2D eigenvalue weighted by Crippen LogP contribution is 2.38. The largest absolute Gasteiger partial charge is 0.493 e. The fourth-order valence-corrected chi connectivity index (χ4v) is 4.70. The van der Waals surface area contributed by atoms with Crippen molar-refractivity contribution in [1.29, 1.82) is 0 Å². The van der Waals surface area contributed by atoms with Crippen molar-refractivity contribution >= 4 is 36.7 Å². The molecule has 200 valence electrons. The van der Waals surface area contributed by atoms with Crippen LogP contribution in [-0.2, 0) is 19.5 Å². The maximum atomic E-state index is 5.51. The van der Waals surface area contributed by atoms with Crippen LogP contribution in [0.3, 0.4) is 0 Å². The van der Waals surface area contributed by atoms with E-state index in [-0.39, 0.29) is 24.8 Å². The van der Waals surface area contributed by atoms with Crippen LogP contribution in [0.2, 0.25) is 0 Å². The van der Waals surface area contributed by atoms with Crippen molar-refractivity contribution < 1.29 is 14.2 Å². The van der Waals surface area contributed by atoms with Crippen LogP contribution in [0.1, 0.15) is 16.8 Å². The molecule has 2 aliphatic rings. The number of nitrogens with zero attached hydrogens (tertiary/aromatic N) is 7. The van der Waals surface area contributed by atoms with Crippen LogP contribution in [0.15, 0.2) is 36.8 Å². The van der Waals surface area contributed by atoms with Gasteiger partial charge < -0.3 is 24.0 Å². The predicted molar refractivity (Wildman–Crippen MR) is 147 cm³/mol. The van der Waals surface area contributed by atoms with Crippen molar-refractivity contribution in [2.45, 2.75) is 19.5 Å². The molecular formula is C25H33Cl2N7O3. The second-order valence-electron chi connectivity index (χ2n) is 8.66. The number of hydrogen-bond donors (Lipinski definition) is 0. The Morgan fingerprint density at radius 3 is 2.00 bits per heavy atom. The second kappa shape index (κ2) is 12.9. The van der Waals surface area contributed by atoms with Crippen LogP contribution in [0, 0.1) is 0 Å². The summed E-state index contributed by atoms with van der Waals surface area (Å²) in [5.41, 5.74) is 3.44. The van der Waals surface area contributed by atoms with Gasteiger partial charge in [-0.15, -0.1) is 24.8 Å². The molecule has 5 rings (SSSR count). The first-order chi connectivity index (χ1) is 17.2. The molecule has 2 aliphatic heterocycles. The molecule has 0 aliphatic carbocycles. The maximum absolute atomic E-state index is 5.51. The quantitative estimate of drug-likeness (QED) is 0.438. The van der Waals surface area contributed by atoms with Crippen LogP contribution >= 0.6 is 24.8 Å². The molecule has 0 N–H and O–H groups in total. The van der Waals surface area contributed by atoms with Crippen molar-refractivity contribution in [3.05, 3.63) is 53.6 Å². The molecule has 0 amide bonds. The molecule has 0 atom stereocenters. The molecule has 1 fully saturated rings. The van der Waals surface area contributed by atoms with E-state index in [4.69, 9.17) is 24.2 Å². The van der Waals surface area contributed by atoms with Gasteiger partial charge in [0.15, 0.2) is 11.5 Å². The molecule has 2 aromatic heterocycles. The summed E-state index contributed by atoms with van der Waals surface area (Å²) >= 11 is 0. The van der Waals surface area contributed by atoms with E-state index < -0.39 is 0 Å². The van der Waals surface area contributed by atoms with Gasteiger partial charge in [-0.1, -0.05) is 0 Å². The van der Waals surface area contributed by atoms with E-state index >= 15 is 0 Å². The van der Waals surface area contributed by atoms with E-state index in [0.717, 1.165) is 75.4 Å². The van der Waals surface area contributed by atoms with Gasteiger partial charge in [-0.05, 0) is 23.8 Å². The van der Waals surface area contributed by atoms with Crippen LogP contribution in [0.25, 0.3) is 0 Å². The average Bonchev–Trinajstić information content (AvgIpc) is 2.92. The first-order valence-corrected chi connectivity index (χ1v) is 11.8. The van der Waals surface area contributed by atoms with Gasteiger partial charge in [-0.2, -0.15) is 0 Å². The highest BCUT2D eigenvalue weighted by Gasteiger charge is 2.24. The Balaban J connectivity index is 0.00000190. The Bertz CT molecular complexity index is 1140. The number of benzene rings is 1. The number of aromatic nitrogens is 4. The Morgan fingerprint density at radius 1 is 0.784 bits per heavy atom. The van der Waals surface area contributed by atoms with Crippen LogP contribution in [0.4, 0.5) is 11.9 Å². The van der Waals surface area contributed by atoms with Crippen molar-refractivity contribution in [3.8, 4) is 17.2 Å². The van der Waals surface area contributed by atoms with Gasteiger partial charge >= 0.3 is 0 Å². The minimum absolute atomic E-state index is 0. The summed E-state index contributed by atoms with van der Waals surface area (Å²) in [6.45, 7) is 5.93. The molecule has 0 spiro atoms. The summed E-state index contributed by atoms with van der Waals surface area (Å²) in [7, 11) is 4.90. The number of piperazine rings is 1. The molecule has 10 nitrogen and oxygen atoms in total. The topological polar surface area (TPSA) is 89.0 Å². The summed E-state index contributed by atoms with van der Waals surface area (Å²) in [5.74, 6) is 3.55. The van der Waals surface area contributed by atoms with E-state index in [9.17, 15) is 0 Å². The Morgan fingerprint density at radius 2 is 1.41 bits per heavy atom. The van der Waals surface area contributed by atoms with Gasteiger partial charge in [0.25, 0.3) is 0 Å². The minimum Gasteiger partial charge on any atom is -0.493 e. The Hall–Kier alpha value is -3.08. The molecule has 0 unspecified atom stereocenters. The third-order valence-electron chi connectivity index (χ3n) is 6.53. The fraction of sp³-hybridized carbons (Fsp3) is 0.440. The lowest BCUT2D eigenvalue weighted by molar-refractivity contribution is 0.241. The molecule has 1 aromatic carbocycles. The average molecular weight is 550 g/mol. The lowest BCUT2D eigenvalue weighted by atomic mass is 10.1. The molecular weight excluding hydrogens is 517 g/mol. The highest BCUT2D eigenvalue weighted by atomic mass is 35.5. The van der Waals surface area contributed by atoms with Gasteiger partial charge in [-0.3, -0.25) is 4.90 Å². The smallest absolute Gasteiger partial charge is 0.225 e. The number of halogens is 2. The van der Waals surface area contributed by atoms with Crippen molar-refractivity contribution in [1.82, 2.24) is 24.8 Å². The number of methoxy groups -OCH3 is 3. The summed E-state index contributed by atoms with van der Waals surface area (Å²) in [5, 5.41) is 0. The van der Waals surface area contributed by atoms with Gasteiger partial charge in [-0.25, -0.2) is 19.9 Å². The van der Waals surface area contributed by atoms with E-state index in [1.54, 1.807) is 33.7 Å². The summed E-state index contributed by atoms with van der Waals surface area (Å²) in [6.07, 6.45) is 6.46. The third kappa shape index (κ3) is 6.26. The maximum Gasteiger partial charge on any atom is 0.225 e. The summed E-state index contributed by atoms with van der Waals surface area (Å²) < 4.78 is 16.5. The van der Waals surface area contributed by atoms with Gasteiger partial charge in [0.1, 0.15) is 0 Å². The lowest BCUT2D eigenvalue weighted by Gasteiger charge is -2.35. The molecule has 37 heavy (non-hydrogen) atoms.